The first kappa shape index (κ1) is 21.7. The fraction of sp³-hybridized carbons (Fsp3) is 0.444. The van der Waals surface area contributed by atoms with Crippen LogP contribution in [-0.4, -0.2) is 38.2 Å². The molecule has 0 saturated carbocycles. The Morgan fingerprint density at radius 1 is 1.12 bits per heavy atom. The Labute approximate surface area is 171 Å². The number of ether oxygens (including phenoxy) is 1. The minimum atomic E-state index is 0. The van der Waals surface area contributed by atoms with Gasteiger partial charge in [0.15, 0.2) is 5.96 Å². The molecule has 0 fully saturated rings. The topological polar surface area (TPSA) is 58.5 Å². The second-order valence-electron chi connectivity index (χ2n) is 5.52. The number of nitrogens with zero attached hydrogens (tertiary/aromatic N) is 2. The van der Waals surface area contributed by atoms with E-state index in [0.29, 0.717) is 0 Å². The minimum absolute atomic E-state index is 0. The molecule has 2 rings (SSSR count). The molecule has 0 aliphatic rings. The number of benzene rings is 1. The molecule has 7 heteroatoms. The van der Waals surface area contributed by atoms with Crippen LogP contribution in [0.3, 0.4) is 0 Å². The molecule has 0 spiro atoms. The molecule has 2 aromatic rings. The predicted octanol–water partition coefficient (Wildman–Crippen LogP) is 3.34. The molecule has 0 unspecified atom stereocenters. The molecule has 0 atom stereocenters. The van der Waals surface area contributed by atoms with Crippen LogP contribution in [0.5, 0.6) is 5.75 Å². The number of nitrogens with one attached hydrogen (secondary N) is 2. The molecule has 0 amide bonds. The molecule has 2 N–H and O–H groups in total. The fourth-order valence-corrected chi connectivity index (χ4v) is 3.21. The summed E-state index contributed by atoms with van der Waals surface area (Å²) in [6, 6.07) is 8.15. The van der Waals surface area contributed by atoms with Gasteiger partial charge in [0.2, 0.25) is 0 Å². The lowest BCUT2D eigenvalue weighted by atomic mass is 10.1. The molecule has 0 aliphatic heterocycles. The third kappa shape index (κ3) is 7.19. The SMILES string of the molecule is CN=C(NCCc1ccc(OC)cc1)NCCc1nc(C)c(C)s1.I. The Morgan fingerprint density at radius 2 is 1.76 bits per heavy atom. The summed E-state index contributed by atoms with van der Waals surface area (Å²) in [6.45, 7) is 5.84. The van der Waals surface area contributed by atoms with Crippen molar-refractivity contribution in [1.82, 2.24) is 15.6 Å². The Hall–Kier alpha value is -1.35. The average Bonchev–Trinajstić information content (AvgIpc) is 2.92. The van der Waals surface area contributed by atoms with E-state index in [0.717, 1.165) is 43.3 Å². The molecule has 1 aromatic heterocycles. The number of hydrogen-bond acceptors (Lipinski definition) is 4. The van der Waals surface area contributed by atoms with Gasteiger partial charge in [-0.1, -0.05) is 12.1 Å². The lowest BCUT2D eigenvalue weighted by Gasteiger charge is -2.11. The first-order valence-electron chi connectivity index (χ1n) is 8.12. The first-order chi connectivity index (χ1) is 11.6. The zero-order valence-corrected chi connectivity index (χ0v) is 18.4. The number of hydrogen-bond donors (Lipinski definition) is 2. The van der Waals surface area contributed by atoms with Crippen LogP contribution in [0.15, 0.2) is 29.3 Å². The van der Waals surface area contributed by atoms with Gasteiger partial charge in [-0.05, 0) is 38.0 Å². The molecule has 0 bridgehead atoms. The molecule has 0 saturated heterocycles. The van der Waals surface area contributed by atoms with Gasteiger partial charge in [-0.15, -0.1) is 35.3 Å². The van der Waals surface area contributed by atoms with Gasteiger partial charge in [0.1, 0.15) is 5.75 Å². The Morgan fingerprint density at radius 3 is 2.28 bits per heavy atom. The highest BCUT2D eigenvalue weighted by atomic mass is 127. The van der Waals surface area contributed by atoms with Crippen LogP contribution in [0.1, 0.15) is 21.1 Å². The van der Waals surface area contributed by atoms with Crippen molar-refractivity contribution >= 4 is 41.3 Å². The summed E-state index contributed by atoms with van der Waals surface area (Å²) in [5.41, 5.74) is 2.41. The number of aromatic nitrogens is 1. The van der Waals surface area contributed by atoms with E-state index >= 15 is 0 Å². The van der Waals surface area contributed by atoms with Gasteiger partial charge in [-0.3, -0.25) is 4.99 Å². The van der Waals surface area contributed by atoms with Gasteiger partial charge in [0, 0.05) is 31.4 Å². The van der Waals surface area contributed by atoms with E-state index in [4.69, 9.17) is 4.74 Å². The number of methoxy groups -OCH3 is 1. The van der Waals surface area contributed by atoms with Gasteiger partial charge >= 0.3 is 0 Å². The maximum atomic E-state index is 5.17. The van der Waals surface area contributed by atoms with Crippen LogP contribution < -0.4 is 15.4 Å². The van der Waals surface area contributed by atoms with Crippen LogP contribution in [-0.2, 0) is 12.8 Å². The highest BCUT2D eigenvalue weighted by molar-refractivity contribution is 14.0. The summed E-state index contributed by atoms with van der Waals surface area (Å²) < 4.78 is 5.17. The third-order valence-corrected chi connectivity index (χ3v) is 4.93. The van der Waals surface area contributed by atoms with Gasteiger partial charge in [-0.25, -0.2) is 4.98 Å². The third-order valence-electron chi connectivity index (χ3n) is 3.79. The quantitative estimate of drug-likeness (QED) is 0.367. The summed E-state index contributed by atoms with van der Waals surface area (Å²) in [6.07, 6.45) is 1.86. The first-order valence-corrected chi connectivity index (χ1v) is 8.94. The standard InChI is InChI=1S/C18H26N4OS.HI/c1-13-14(2)24-17(22-13)10-12-21-18(19-3)20-11-9-15-5-7-16(23-4)8-6-15;/h5-8H,9-12H2,1-4H3,(H2,19,20,21);1H. The van der Waals surface area contributed by atoms with Crippen LogP contribution in [0.4, 0.5) is 0 Å². The highest BCUT2D eigenvalue weighted by Crippen LogP contribution is 2.16. The van der Waals surface area contributed by atoms with E-state index in [1.54, 1.807) is 25.5 Å². The van der Waals surface area contributed by atoms with Crippen LogP contribution in [0, 0.1) is 13.8 Å². The second-order valence-corrected chi connectivity index (χ2v) is 6.81. The molecule has 138 valence electrons. The normalized spacial score (nSPS) is 11.0. The molecule has 1 heterocycles. The van der Waals surface area contributed by atoms with E-state index < -0.39 is 0 Å². The summed E-state index contributed by atoms with van der Waals surface area (Å²) in [7, 11) is 3.47. The van der Waals surface area contributed by atoms with Crippen molar-refractivity contribution in [3.63, 3.8) is 0 Å². The maximum Gasteiger partial charge on any atom is 0.191 e. The summed E-state index contributed by atoms with van der Waals surface area (Å²) in [5, 5.41) is 7.85. The number of aryl methyl sites for hydroxylation is 2. The molecule has 1 aromatic carbocycles. The van der Waals surface area contributed by atoms with E-state index in [2.05, 4.69) is 46.6 Å². The second kappa shape index (κ2) is 11.3. The number of thiazole rings is 1. The zero-order chi connectivity index (χ0) is 17.4. The average molecular weight is 474 g/mol. The van der Waals surface area contributed by atoms with Crippen LogP contribution >= 0.6 is 35.3 Å². The van der Waals surface area contributed by atoms with Crippen molar-refractivity contribution in [2.75, 3.05) is 27.2 Å². The van der Waals surface area contributed by atoms with E-state index in [1.807, 2.05) is 12.1 Å². The van der Waals surface area contributed by atoms with E-state index in [1.165, 1.54) is 15.4 Å². The van der Waals surface area contributed by atoms with E-state index in [-0.39, 0.29) is 24.0 Å². The number of guanidine groups is 1. The monoisotopic (exact) mass is 474 g/mol. The van der Waals surface area contributed by atoms with Crippen molar-refractivity contribution in [3.8, 4) is 5.75 Å². The number of halogens is 1. The summed E-state index contributed by atoms with van der Waals surface area (Å²) in [4.78, 5) is 10.1. The van der Waals surface area contributed by atoms with Gasteiger partial charge in [0.05, 0.1) is 17.8 Å². The van der Waals surface area contributed by atoms with Crippen LogP contribution in [0.2, 0.25) is 0 Å². The Bertz CT molecular complexity index is 651. The number of rotatable bonds is 7. The van der Waals surface area contributed by atoms with E-state index in [9.17, 15) is 0 Å². The number of aliphatic imine (C=N–C) groups is 1. The fourth-order valence-electron chi connectivity index (χ4n) is 2.27. The molecule has 0 radical (unpaired) electrons. The highest BCUT2D eigenvalue weighted by Gasteiger charge is 2.04. The zero-order valence-electron chi connectivity index (χ0n) is 15.3. The summed E-state index contributed by atoms with van der Waals surface area (Å²) >= 11 is 1.77. The van der Waals surface area contributed by atoms with Gasteiger partial charge in [0.25, 0.3) is 0 Å². The predicted molar refractivity (Wildman–Crippen MR) is 117 cm³/mol. The smallest absolute Gasteiger partial charge is 0.191 e. The minimum Gasteiger partial charge on any atom is -0.497 e. The largest absolute Gasteiger partial charge is 0.497 e. The maximum absolute atomic E-state index is 5.17. The molecule has 5 nitrogen and oxygen atoms in total. The molecule has 0 aliphatic carbocycles. The van der Waals surface area contributed by atoms with Crippen molar-refractivity contribution in [3.05, 3.63) is 45.4 Å². The van der Waals surface area contributed by atoms with Crippen molar-refractivity contribution < 1.29 is 4.74 Å². The van der Waals surface area contributed by atoms with Crippen molar-refractivity contribution in [1.29, 1.82) is 0 Å². The lowest BCUT2D eigenvalue weighted by molar-refractivity contribution is 0.414. The molecular formula is C18H27IN4OS. The van der Waals surface area contributed by atoms with Gasteiger partial charge in [-0.2, -0.15) is 0 Å². The molecule has 25 heavy (non-hydrogen) atoms. The Kier molecular flexibility index (Phi) is 9.81. The lowest BCUT2D eigenvalue weighted by Crippen LogP contribution is -2.39. The van der Waals surface area contributed by atoms with Crippen molar-refractivity contribution in [2.24, 2.45) is 4.99 Å². The Balaban J connectivity index is 0.00000312. The van der Waals surface area contributed by atoms with Gasteiger partial charge < -0.3 is 15.4 Å². The van der Waals surface area contributed by atoms with Crippen LogP contribution in [0.25, 0.3) is 0 Å². The molecular weight excluding hydrogens is 447 g/mol. The van der Waals surface area contributed by atoms with Crippen molar-refractivity contribution in [2.45, 2.75) is 26.7 Å². The summed E-state index contributed by atoms with van der Waals surface area (Å²) in [5.74, 6) is 1.71.